The summed E-state index contributed by atoms with van der Waals surface area (Å²) in [5, 5.41) is 0. The van der Waals surface area contributed by atoms with Gasteiger partial charge in [-0.2, -0.15) is 0 Å². The first kappa shape index (κ1) is 13.2. The van der Waals surface area contributed by atoms with E-state index in [1.807, 2.05) is 18.2 Å². The highest BCUT2D eigenvalue weighted by molar-refractivity contribution is 5.64. The molecule has 3 aromatic carbocycles. The van der Waals surface area contributed by atoms with Crippen molar-refractivity contribution in [2.45, 2.75) is 5.60 Å². The van der Waals surface area contributed by atoms with E-state index in [-0.39, 0.29) is 5.82 Å². The Balaban J connectivity index is 1.67. The predicted molar refractivity (Wildman–Crippen MR) is 85.0 cm³/mol. The highest BCUT2D eigenvalue weighted by atomic mass is 19.1. The molecule has 0 aromatic heterocycles. The van der Waals surface area contributed by atoms with Crippen molar-refractivity contribution in [3.05, 3.63) is 95.8 Å². The van der Waals surface area contributed by atoms with Gasteiger partial charge in [-0.1, -0.05) is 66.7 Å². The van der Waals surface area contributed by atoms with E-state index < -0.39 is 5.60 Å². The summed E-state index contributed by atoms with van der Waals surface area (Å²) in [6.07, 6.45) is 0. The van der Waals surface area contributed by atoms with Crippen molar-refractivity contribution in [3.8, 4) is 11.1 Å². The van der Waals surface area contributed by atoms with Crippen LogP contribution in [-0.4, -0.2) is 6.61 Å². The zero-order chi connectivity index (χ0) is 15.0. The molecule has 0 spiro atoms. The van der Waals surface area contributed by atoms with Gasteiger partial charge < -0.3 is 4.74 Å². The molecule has 1 aliphatic heterocycles. The molecule has 1 unspecified atom stereocenters. The molecular formula is C20H15FO. The van der Waals surface area contributed by atoms with Crippen molar-refractivity contribution >= 4 is 0 Å². The lowest BCUT2D eigenvalue weighted by Gasteiger charge is -2.13. The number of rotatable bonds is 3. The molecule has 0 saturated carbocycles. The van der Waals surface area contributed by atoms with Crippen LogP contribution in [0.5, 0.6) is 0 Å². The second-order valence-corrected chi connectivity index (χ2v) is 5.57. The third kappa shape index (κ3) is 2.22. The van der Waals surface area contributed by atoms with Crippen LogP contribution in [0.2, 0.25) is 0 Å². The Hall–Kier alpha value is -2.45. The second-order valence-electron chi connectivity index (χ2n) is 5.57. The molecule has 1 aliphatic rings. The van der Waals surface area contributed by atoms with E-state index in [9.17, 15) is 4.39 Å². The predicted octanol–water partition coefficient (Wildman–Crippen LogP) is 4.77. The van der Waals surface area contributed by atoms with E-state index >= 15 is 0 Å². The number of ether oxygens (including phenoxy) is 1. The zero-order valence-electron chi connectivity index (χ0n) is 12.0. The summed E-state index contributed by atoms with van der Waals surface area (Å²) in [6.45, 7) is 0.642. The summed E-state index contributed by atoms with van der Waals surface area (Å²) in [5.41, 5.74) is 4.09. The number of hydrogen-bond donors (Lipinski definition) is 0. The van der Waals surface area contributed by atoms with Gasteiger partial charge in [0.15, 0.2) is 0 Å². The van der Waals surface area contributed by atoms with Crippen LogP contribution >= 0.6 is 0 Å². The van der Waals surface area contributed by atoms with Crippen molar-refractivity contribution < 1.29 is 9.13 Å². The van der Waals surface area contributed by atoms with Gasteiger partial charge in [-0.05, 0) is 34.4 Å². The van der Waals surface area contributed by atoms with Gasteiger partial charge in [-0.25, -0.2) is 4.39 Å². The molecule has 0 N–H and O–H groups in total. The summed E-state index contributed by atoms with van der Waals surface area (Å²) >= 11 is 0. The van der Waals surface area contributed by atoms with Crippen LogP contribution in [0.4, 0.5) is 4.39 Å². The Kier molecular flexibility index (Phi) is 3.05. The minimum absolute atomic E-state index is 0.223. The maximum absolute atomic E-state index is 13.1. The summed E-state index contributed by atoms with van der Waals surface area (Å²) in [6, 6.07) is 25.2. The smallest absolute Gasteiger partial charge is 0.142 e. The lowest BCUT2D eigenvalue weighted by atomic mass is 9.90. The van der Waals surface area contributed by atoms with Crippen LogP contribution in [0.15, 0.2) is 78.9 Å². The lowest BCUT2D eigenvalue weighted by Crippen LogP contribution is -2.10. The molecule has 22 heavy (non-hydrogen) atoms. The molecule has 1 atom stereocenters. The Bertz CT molecular complexity index is 772. The van der Waals surface area contributed by atoms with Crippen LogP contribution in [0.3, 0.4) is 0 Å². The Labute approximate surface area is 129 Å². The molecule has 1 saturated heterocycles. The normalized spacial score (nSPS) is 19.9. The first-order chi connectivity index (χ1) is 10.8. The topological polar surface area (TPSA) is 12.5 Å². The van der Waals surface area contributed by atoms with Gasteiger partial charge in [0, 0.05) is 0 Å². The minimum atomic E-state index is -0.400. The maximum atomic E-state index is 13.1. The summed E-state index contributed by atoms with van der Waals surface area (Å²) in [4.78, 5) is 0. The fourth-order valence-corrected chi connectivity index (χ4v) is 2.85. The van der Waals surface area contributed by atoms with E-state index in [2.05, 4.69) is 36.4 Å². The molecule has 4 rings (SSSR count). The first-order valence-corrected chi connectivity index (χ1v) is 7.34. The molecule has 3 aromatic rings. The summed E-state index contributed by atoms with van der Waals surface area (Å²) in [7, 11) is 0. The van der Waals surface area contributed by atoms with Crippen LogP contribution in [0, 0.1) is 5.82 Å². The fourth-order valence-electron chi connectivity index (χ4n) is 2.85. The van der Waals surface area contributed by atoms with Crippen LogP contribution in [0.1, 0.15) is 11.1 Å². The zero-order valence-corrected chi connectivity index (χ0v) is 12.0. The summed E-state index contributed by atoms with van der Waals surface area (Å²) < 4.78 is 18.8. The lowest BCUT2D eigenvalue weighted by molar-refractivity contribution is 0.349. The Morgan fingerprint density at radius 1 is 0.682 bits per heavy atom. The van der Waals surface area contributed by atoms with Crippen LogP contribution < -0.4 is 0 Å². The third-order valence-corrected chi connectivity index (χ3v) is 4.20. The average Bonchev–Trinajstić information content (AvgIpc) is 3.38. The van der Waals surface area contributed by atoms with Gasteiger partial charge in [0.1, 0.15) is 11.4 Å². The van der Waals surface area contributed by atoms with Crippen molar-refractivity contribution in [2.24, 2.45) is 0 Å². The van der Waals surface area contributed by atoms with Gasteiger partial charge in [-0.3, -0.25) is 0 Å². The monoisotopic (exact) mass is 290 g/mol. The van der Waals surface area contributed by atoms with Gasteiger partial charge in [0.05, 0.1) is 6.61 Å². The van der Waals surface area contributed by atoms with Crippen molar-refractivity contribution in [3.63, 3.8) is 0 Å². The Morgan fingerprint density at radius 3 is 1.73 bits per heavy atom. The number of epoxide rings is 1. The van der Waals surface area contributed by atoms with Crippen molar-refractivity contribution in [2.75, 3.05) is 6.61 Å². The maximum Gasteiger partial charge on any atom is 0.142 e. The molecule has 1 fully saturated rings. The fraction of sp³-hybridized carbons (Fsp3) is 0.100. The molecular weight excluding hydrogens is 275 g/mol. The minimum Gasteiger partial charge on any atom is -0.359 e. The van der Waals surface area contributed by atoms with E-state index in [1.165, 1.54) is 23.3 Å². The standard InChI is InChI=1S/C20H15FO/c21-19-12-10-18(11-13-19)20(14-22-20)17-8-6-16(7-9-17)15-4-2-1-3-5-15/h1-13H,14H2. The number of benzene rings is 3. The molecule has 2 heteroatoms. The van der Waals surface area contributed by atoms with E-state index in [0.717, 1.165) is 11.1 Å². The molecule has 1 heterocycles. The molecule has 0 aliphatic carbocycles. The molecule has 0 bridgehead atoms. The molecule has 0 amide bonds. The summed E-state index contributed by atoms with van der Waals surface area (Å²) in [5.74, 6) is -0.223. The van der Waals surface area contributed by atoms with Gasteiger partial charge in [0.2, 0.25) is 0 Å². The SMILES string of the molecule is Fc1ccc(C2(c3ccc(-c4ccccc4)cc3)CO2)cc1. The molecule has 0 radical (unpaired) electrons. The van der Waals surface area contributed by atoms with Gasteiger partial charge >= 0.3 is 0 Å². The van der Waals surface area contributed by atoms with Crippen molar-refractivity contribution in [1.29, 1.82) is 0 Å². The van der Waals surface area contributed by atoms with E-state index in [0.29, 0.717) is 6.61 Å². The van der Waals surface area contributed by atoms with Gasteiger partial charge in [-0.15, -0.1) is 0 Å². The van der Waals surface area contributed by atoms with Crippen molar-refractivity contribution in [1.82, 2.24) is 0 Å². The quantitative estimate of drug-likeness (QED) is 0.633. The van der Waals surface area contributed by atoms with Crippen LogP contribution in [-0.2, 0) is 10.3 Å². The van der Waals surface area contributed by atoms with Crippen LogP contribution in [0.25, 0.3) is 11.1 Å². The Morgan fingerprint density at radius 2 is 1.18 bits per heavy atom. The highest BCUT2D eigenvalue weighted by Gasteiger charge is 2.48. The second kappa shape index (κ2) is 5.08. The molecule has 108 valence electrons. The third-order valence-electron chi connectivity index (χ3n) is 4.20. The largest absolute Gasteiger partial charge is 0.359 e. The highest BCUT2D eigenvalue weighted by Crippen LogP contribution is 2.45. The first-order valence-electron chi connectivity index (χ1n) is 7.34. The number of hydrogen-bond acceptors (Lipinski definition) is 1. The molecule has 1 nitrogen and oxygen atoms in total. The van der Waals surface area contributed by atoms with E-state index in [4.69, 9.17) is 4.74 Å². The van der Waals surface area contributed by atoms with Gasteiger partial charge in [0.25, 0.3) is 0 Å². The van der Waals surface area contributed by atoms with E-state index in [1.54, 1.807) is 12.1 Å². The number of halogens is 1. The average molecular weight is 290 g/mol.